The van der Waals surface area contributed by atoms with Gasteiger partial charge in [-0.05, 0) is 46.4 Å². The van der Waals surface area contributed by atoms with Gasteiger partial charge in [0.25, 0.3) is 0 Å². The van der Waals surface area contributed by atoms with Crippen molar-refractivity contribution in [1.29, 1.82) is 0 Å². The number of benzene rings is 4. The second-order valence-corrected chi connectivity index (χ2v) is 8.78. The van der Waals surface area contributed by atoms with Gasteiger partial charge in [0.15, 0.2) is 0 Å². The molecule has 4 aromatic carbocycles. The third-order valence-corrected chi connectivity index (χ3v) is 6.42. The Labute approximate surface area is 210 Å². The Hall–Kier alpha value is -4.38. The normalized spacial score (nSPS) is 13.1. The quantitative estimate of drug-likeness (QED) is 0.289. The zero-order valence-corrected chi connectivity index (χ0v) is 20.1. The number of nitrogens with zero attached hydrogens (tertiary/aromatic N) is 1. The molecule has 1 aliphatic rings. The van der Waals surface area contributed by atoms with Gasteiger partial charge in [-0.2, -0.15) is 0 Å². The van der Waals surface area contributed by atoms with Crippen molar-refractivity contribution >= 4 is 34.4 Å². The fraction of sp³-hybridized carbons (Fsp3) is 0.161. The van der Waals surface area contributed by atoms with Crippen molar-refractivity contribution in [2.75, 3.05) is 25.2 Å². The lowest BCUT2D eigenvalue weighted by molar-refractivity contribution is -0.117. The van der Waals surface area contributed by atoms with E-state index in [4.69, 9.17) is 9.47 Å². The SMILES string of the molecule is COC(=O)c1ccc(C=C(CCOc2cccc3ccccc23)CN2C(=O)Cc3ccccc32)cc1. The van der Waals surface area contributed by atoms with Crippen LogP contribution >= 0.6 is 0 Å². The van der Waals surface area contributed by atoms with E-state index in [0.29, 0.717) is 31.6 Å². The molecule has 0 N–H and O–H groups in total. The first-order valence-corrected chi connectivity index (χ1v) is 12.0. The number of methoxy groups -OCH3 is 1. The summed E-state index contributed by atoms with van der Waals surface area (Å²) in [6, 6.07) is 29.4. The topological polar surface area (TPSA) is 55.8 Å². The largest absolute Gasteiger partial charge is 0.493 e. The molecule has 0 fully saturated rings. The lowest BCUT2D eigenvalue weighted by Gasteiger charge is -2.20. The van der Waals surface area contributed by atoms with Crippen molar-refractivity contribution in [3.05, 3.63) is 113 Å². The van der Waals surface area contributed by atoms with Crippen LogP contribution in [0.2, 0.25) is 0 Å². The van der Waals surface area contributed by atoms with E-state index in [0.717, 1.165) is 38.9 Å². The molecule has 0 saturated carbocycles. The molecule has 0 bridgehead atoms. The van der Waals surface area contributed by atoms with Crippen molar-refractivity contribution in [1.82, 2.24) is 0 Å². The van der Waals surface area contributed by atoms with Crippen LogP contribution in [0.5, 0.6) is 5.75 Å². The summed E-state index contributed by atoms with van der Waals surface area (Å²) in [5.41, 5.74) is 4.52. The van der Waals surface area contributed by atoms with Gasteiger partial charge >= 0.3 is 5.97 Å². The molecule has 5 nitrogen and oxygen atoms in total. The predicted octanol–water partition coefficient (Wildman–Crippen LogP) is 6.07. The van der Waals surface area contributed by atoms with Crippen LogP contribution < -0.4 is 9.64 Å². The van der Waals surface area contributed by atoms with Crippen LogP contribution in [0.4, 0.5) is 5.69 Å². The maximum Gasteiger partial charge on any atom is 0.337 e. The van der Waals surface area contributed by atoms with Gasteiger partial charge < -0.3 is 14.4 Å². The van der Waals surface area contributed by atoms with E-state index in [1.165, 1.54) is 7.11 Å². The summed E-state index contributed by atoms with van der Waals surface area (Å²) in [5, 5.41) is 2.21. The summed E-state index contributed by atoms with van der Waals surface area (Å²) in [6.45, 7) is 0.956. The monoisotopic (exact) mass is 477 g/mol. The van der Waals surface area contributed by atoms with Gasteiger partial charge in [0.1, 0.15) is 5.75 Å². The molecular formula is C31H27NO4. The summed E-state index contributed by atoms with van der Waals surface area (Å²) in [4.78, 5) is 26.5. The molecule has 0 spiro atoms. The molecule has 1 heterocycles. The van der Waals surface area contributed by atoms with Gasteiger partial charge in [0.05, 0.1) is 25.7 Å². The highest BCUT2D eigenvalue weighted by Crippen LogP contribution is 2.30. The van der Waals surface area contributed by atoms with Crippen molar-refractivity contribution in [2.45, 2.75) is 12.8 Å². The number of carbonyl (C=O) groups is 2. The minimum absolute atomic E-state index is 0.0955. The summed E-state index contributed by atoms with van der Waals surface area (Å²) < 4.78 is 11.0. The Morgan fingerprint density at radius 2 is 1.67 bits per heavy atom. The second kappa shape index (κ2) is 10.5. The number of ether oxygens (including phenoxy) is 2. The minimum atomic E-state index is -0.367. The molecule has 0 aromatic heterocycles. The average molecular weight is 478 g/mol. The summed E-state index contributed by atoms with van der Waals surface area (Å²) in [7, 11) is 1.37. The lowest BCUT2D eigenvalue weighted by Crippen LogP contribution is -2.29. The van der Waals surface area contributed by atoms with E-state index < -0.39 is 0 Å². The molecule has 5 heteroatoms. The van der Waals surface area contributed by atoms with E-state index in [2.05, 4.69) is 24.3 Å². The molecule has 0 saturated heterocycles. The number of esters is 1. The molecule has 180 valence electrons. The number of fused-ring (bicyclic) bond motifs is 2. The highest BCUT2D eigenvalue weighted by atomic mass is 16.5. The van der Waals surface area contributed by atoms with Gasteiger partial charge in [0.2, 0.25) is 5.91 Å². The molecule has 0 atom stereocenters. The first-order chi connectivity index (χ1) is 17.6. The fourth-order valence-electron chi connectivity index (χ4n) is 4.57. The molecule has 1 amide bonds. The number of carbonyl (C=O) groups excluding carboxylic acids is 2. The maximum atomic E-state index is 12.8. The van der Waals surface area contributed by atoms with Crippen molar-refractivity contribution in [3.8, 4) is 5.75 Å². The third kappa shape index (κ3) is 5.01. The van der Waals surface area contributed by atoms with Gasteiger partial charge in [-0.25, -0.2) is 4.79 Å². The van der Waals surface area contributed by atoms with Gasteiger partial charge in [-0.15, -0.1) is 0 Å². The van der Waals surface area contributed by atoms with Crippen molar-refractivity contribution < 1.29 is 19.1 Å². The Balaban J connectivity index is 1.38. The minimum Gasteiger partial charge on any atom is -0.493 e. The van der Waals surface area contributed by atoms with Crippen molar-refractivity contribution in [2.24, 2.45) is 0 Å². The summed E-state index contributed by atoms with van der Waals surface area (Å²) in [6.07, 6.45) is 3.14. The van der Waals surface area contributed by atoms with Crippen LogP contribution in [0, 0.1) is 0 Å². The third-order valence-electron chi connectivity index (χ3n) is 6.42. The highest BCUT2D eigenvalue weighted by molar-refractivity contribution is 6.01. The van der Waals surface area contributed by atoms with Crippen LogP contribution in [-0.4, -0.2) is 32.1 Å². The number of anilines is 1. The van der Waals surface area contributed by atoms with Gasteiger partial charge in [-0.3, -0.25) is 4.79 Å². The molecule has 5 rings (SSSR count). The van der Waals surface area contributed by atoms with E-state index in [9.17, 15) is 9.59 Å². The van der Waals surface area contributed by atoms with Crippen molar-refractivity contribution in [3.63, 3.8) is 0 Å². The molecule has 1 aliphatic heterocycles. The van der Waals surface area contributed by atoms with Gasteiger partial charge in [-0.1, -0.05) is 72.8 Å². The molecule has 0 aliphatic carbocycles. The fourth-order valence-corrected chi connectivity index (χ4v) is 4.57. The summed E-state index contributed by atoms with van der Waals surface area (Å²) >= 11 is 0. The van der Waals surface area contributed by atoms with E-state index in [-0.39, 0.29) is 11.9 Å². The maximum absolute atomic E-state index is 12.8. The Morgan fingerprint density at radius 1 is 0.917 bits per heavy atom. The number of rotatable bonds is 8. The van der Waals surface area contributed by atoms with Crippen LogP contribution in [0.25, 0.3) is 16.8 Å². The predicted molar refractivity (Wildman–Crippen MR) is 142 cm³/mol. The first kappa shape index (κ1) is 23.4. The van der Waals surface area contributed by atoms with E-state index >= 15 is 0 Å². The Kier molecular flexibility index (Phi) is 6.80. The van der Waals surface area contributed by atoms with E-state index in [1.54, 1.807) is 12.1 Å². The average Bonchev–Trinajstić information content (AvgIpc) is 3.23. The highest BCUT2D eigenvalue weighted by Gasteiger charge is 2.27. The Bertz CT molecular complexity index is 1430. The molecule has 4 aromatic rings. The summed E-state index contributed by atoms with van der Waals surface area (Å²) in [5.74, 6) is 0.573. The van der Waals surface area contributed by atoms with Crippen LogP contribution in [-0.2, 0) is 16.0 Å². The van der Waals surface area contributed by atoms with Crippen LogP contribution in [0.1, 0.15) is 27.9 Å². The van der Waals surface area contributed by atoms with Crippen LogP contribution in [0.3, 0.4) is 0 Å². The zero-order valence-electron chi connectivity index (χ0n) is 20.1. The zero-order chi connectivity index (χ0) is 24.9. The first-order valence-electron chi connectivity index (χ1n) is 12.0. The Morgan fingerprint density at radius 3 is 2.50 bits per heavy atom. The lowest BCUT2D eigenvalue weighted by atomic mass is 10.1. The standard InChI is InChI=1S/C31H27NO4/c1-35-31(34)25-15-13-22(14-16-25)19-23(21-32-28-11-5-3-8-26(28)20-30(32)33)17-18-36-29-12-6-9-24-7-2-4-10-27(24)29/h2-16,19H,17-18,20-21H2,1H3. The van der Waals surface area contributed by atoms with E-state index in [1.807, 2.05) is 65.6 Å². The van der Waals surface area contributed by atoms with Gasteiger partial charge in [0, 0.05) is 24.0 Å². The van der Waals surface area contributed by atoms with Crippen LogP contribution in [0.15, 0.2) is 96.6 Å². The number of para-hydroxylation sites is 1. The molecule has 0 unspecified atom stereocenters. The molecular weight excluding hydrogens is 450 g/mol. The number of hydrogen-bond acceptors (Lipinski definition) is 4. The smallest absolute Gasteiger partial charge is 0.337 e. The molecule has 0 radical (unpaired) electrons. The second-order valence-electron chi connectivity index (χ2n) is 8.78. The molecule has 36 heavy (non-hydrogen) atoms. The number of hydrogen-bond donors (Lipinski definition) is 0. The number of amides is 1.